The molecule has 0 atom stereocenters. The van der Waals surface area contributed by atoms with E-state index in [0.29, 0.717) is 22.3 Å². The van der Waals surface area contributed by atoms with Crippen molar-refractivity contribution in [3.8, 4) is 5.75 Å². The third kappa shape index (κ3) is 5.37. The van der Waals surface area contributed by atoms with Gasteiger partial charge in [0.15, 0.2) is 11.6 Å². The first kappa shape index (κ1) is 18.5. The van der Waals surface area contributed by atoms with E-state index in [2.05, 4.69) is 5.32 Å². The number of carbonyl (C=O) groups excluding carboxylic acids is 1. The SMILES string of the molecule is COc1ccc(CN(C)CC(=O)Nc2cc(Cl)cc(Cl)c2)cc1F. The predicted molar refractivity (Wildman–Crippen MR) is 94.4 cm³/mol. The third-order valence-electron chi connectivity index (χ3n) is 3.23. The lowest BCUT2D eigenvalue weighted by Crippen LogP contribution is -2.29. The van der Waals surface area contributed by atoms with E-state index in [4.69, 9.17) is 27.9 Å². The predicted octanol–water partition coefficient (Wildman–Crippen LogP) is 4.21. The minimum atomic E-state index is -0.429. The van der Waals surface area contributed by atoms with Crippen LogP contribution in [0.1, 0.15) is 5.56 Å². The van der Waals surface area contributed by atoms with Crippen LogP contribution in [0.25, 0.3) is 0 Å². The Labute approximate surface area is 150 Å². The Hall–Kier alpha value is -1.82. The monoisotopic (exact) mass is 370 g/mol. The molecule has 1 N–H and O–H groups in total. The molecular formula is C17H17Cl2FN2O2. The summed E-state index contributed by atoms with van der Waals surface area (Å²) in [4.78, 5) is 13.8. The number of likely N-dealkylation sites (N-methyl/N-ethyl adjacent to an activating group) is 1. The van der Waals surface area contributed by atoms with Crippen LogP contribution in [-0.2, 0) is 11.3 Å². The molecule has 7 heteroatoms. The smallest absolute Gasteiger partial charge is 0.238 e. The maximum absolute atomic E-state index is 13.7. The van der Waals surface area contributed by atoms with Gasteiger partial charge in [-0.2, -0.15) is 0 Å². The molecule has 2 rings (SSSR count). The van der Waals surface area contributed by atoms with E-state index < -0.39 is 5.82 Å². The van der Waals surface area contributed by atoms with Gasteiger partial charge in [0.1, 0.15) is 0 Å². The number of benzene rings is 2. The number of rotatable bonds is 6. The normalized spacial score (nSPS) is 10.8. The molecule has 1 amide bonds. The van der Waals surface area contributed by atoms with Gasteiger partial charge in [0.2, 0.25) is 5.91 Å². The Balaban J connectivity index is 1.92. The number of hydrogen-bond acceptors (Lipinski definition) is 3. The Morgan fingerprint density at radius 3 is 2.46 bits per heavy atom. The highest BCUT2D eigenvalue weighted by Gasteiger charge is 2.10. The molecule has 0 bridgehead atoms. The van der Waals surface area contributed by atoms with Crippen molar-refractivity contribution in [1.29, 1.82) is 0 Å². The molecule has 0 aliphatic rings. The minimum absolute atomic E-state index is 0.137. The van der Waals surface area contributed by atoms with Crippen molar-refractivity contribution in [2.45, 2.75) is 6.54 Å². The van der Waals surface area contributed by atoms with Gasteiger partial charge in [0.25, 0.3) is 0 Å². The van der Waals surface area contributed by atoms with E-state index in [-0.39, 0.29) is 18.2 Å². The maximum Gasteiger partial charge on any atom is 0.238 e. The van der Waals surface area contributed by atoms with Crippen LogP contribution in [-0.4, -0.2) is 31.5 Å². The number of carbonyl (C=O) groups is 1. The first-order chi connectivity index (χ1) is 11.4. The number of nitrogens with zero attached hydrogens (tertiary/aromatic N) is 1. The van der Waals surface area contributed by atoms with Crippen LogP contribution < -0.4 is 10.1 Å². The summed E-state index contributed by atoms with van der Waals surface area (Å²) in [6.07, 6.45) is 0. The molecule has 4 nitrogen and oxygen atoms in total. The Bertz CT molecular complexity index is 720. The van der Waals surface area contributed by atoms with Gasteiger partial charge in [-0.15, -0.1) is 0 Å². The standard InChI is InChI=1S/C17H17Cl2FN2O2/c1-22(9-11-3-4-16(24-2)15(20)5-11)10-17(23)21-14-7-12(18)6-13(19)8-14/h3-8H,9-10H2,1-2H3,(H,21,23). The lowest BCUT2D eigenvalue weighted by Gasteiger charge is -2.17. The first-order valence-electron chi connectivity index (χ1n) is 7.14. The van der Waals surface area contributed by atoms with Gasteiger partial charge < -0.3 is 10.1 Å². The molecule has 0 fully saturated rings. The summed E-state index contributed by atoms with van der Waals surface area (Å²) in [5, 5.41) is 3.61. The summed E-state index contributed by atoms with van der Waals surface area (Å²) in [6, 6.07) is 9.53. The molecule has 2 aromatic rings. The second-order valence-corrected chi connectivity index (χ2v) is 6.22. The van der Waals surface area contributed by atoms with Crippen LogP contribution in [0, 0.1) is 5.82 Å². The second-order valence-electron chi connectivity index (χ2n) is 5.35. The quantitative estimate of drug-likeness (QED) is 0.827. The largest absolute Gasteiger partial charge is 0.494 e. The molecule has 0 aromatic heterocycles. The molecule has 0 saturated heterocycles. The highest BCUT2D eigenvalue weighted by molar-refractivity contribution is 6.35. The van der Waals surface area contributed by atoms with Crippen molar-refractivity contribution < 1.29 is 13.9 Å². The lowest BCUT2D eigenvalue weighted by atomic mass is 10.2. The van der Waals surface area contributed by atoms with E-state index in [1.165, 1.54) is 13.2 Å². The van der Waals surface area contributed by atoms with Gasteiger partial charge >= 0.3 is 0 Å². The van der Waals surface area contributed by atoms with E-state index in [0.717, 1.165) is 5.56 Å². The summed E-state index contributed by atoms with van der Waals surface area (Å²) < 4.78 is 18.6. The molecule has 0 radical (unpaired) electrons. The zero-order valence-corrected chi connectivity index (χ0v) is 14.8. The summed E-state index contributed by atoms with van der Waals surface area (Å²) in [5.41, 5.74) is 1.27. The van der Waals surface area contributed by atoms with E-state index in [1.54, 1.807) is 42.3 Å². The topological polar surface area (TPSA) is 41.6 Å². The van der Waals surface area contributed by atoms with Gasteiger partial charge in [-0.3, -0.25) is 9.69 Å². The van der Waals surface area contributed by atoms with Crippen molar-refractivity contribution in [3.05, 3.63) is 57.8 Å². The van der Waals surface area contributed by atoms with Crippen LogP contribution in [0.2, 0.25) is 10.0 Å². The Kier molecular flexibility index (Phi) is 6.43. The molecule has 0 saturated carbocycles. The molecule has 0 unspecified atom stereocenters. The number of hydrogen-bond donors (Lipinski definition) is 1. The van der Waals surface area contributed by atoms with Gasteiger partial charge in [0, 0.05) is 22.3 Å². The van der Waals surface area contributed by atoms with Crippen LogP contribution in [0.4, 0.5) is 10.1 Å². The van der Waals surface area contributed by atoms with Gasteiger partial charge in [-0.05, 0) is 42.9 Å². The number of methoxy groups -OCH3 is 1. The maximum atomic E-state index is 13.7. The summed E-state index contributed by atoms with van der Waals surface area (Å²) in [6.45, 7) is 0.558. The number of ether oxygens (including phenoxy) is 1. The van der Waals surface area contributed by atoms with E-state index in [1.807, 2.05) is 0 Å². The van der Waals surface area contributed by atoms with Gasteiger partial charge in [-0.1, -0.05) is 29.3 Å². The molecule has 0 aliphatic heterocycles. The lowest BCUT2D eigenvalue weighted by molar-refractivity contribution is -0.117. The molecule has 0 spiro atoms. The molecule has 0 heterocycles. The summed E-state index contributed by atoms with van der Waals surface area (Å²) >= 11 is 11.8. The second kappa shape index (κ2) is 8.33. The Morgan fingerprint density at radius 1 is 1.21 bits per heavy atom. The summed E-state index contributed by atoms with van der Waals surface area (Å²) in [7, 11) is 3.18. The summed E-state index contributed by atoms with van der Waals surface area (Å²) in [5.74, 6) is -0.455. The van der Waals surface area contributed by atoms with Gasteiger partial charge in [0.05, 0.1) is 13.7 Å². The molecule has 24 heavy (non-hydrogen) atoms. The molecule has 128 valence electrons. The fourth-order valence-electron chi connectivity index (χ4n) is 2.25. The van der Waals surface area contributed by atoms with Crippen molar-refractivity contribution in [2.24, 2.45) is 0 Å². The van der Waals surface area contributed by atoms with Crippen molar-refractivity contribution in [2.75, 3.05) is 26.0 Å². The van der Waals surface area contributed by atoms with Crippen LogP contribution in [0.15, 0.2) is 36.4 Å². The fourth-order valence-corrected chi connectivity index (χ4v) is 2.77. The number of amides is 1. The fraction of sp³-hybridized carbons (Fsp3) is 0.235. The highest BCUT2D eigenvalue weighted by atomic mass is 35.5. The highest BCUT2D eigenvalue weighted by Crippen LogP contribution is 2.22. The zero-order valence-electron chi connectivity index (χ0n) is 13.3. The van der Waals surface area contributed by atoms with Gasteiger partial charge in [-0.25, -0.2) is 4.39 Å². The van der Waals surface area contributed by atoms with E-state index >= 15 is 0 Å². The third-order valence-corrected chi connectivity index (χ3v) is 3.66. The van der Waals surface area contributed by atoms with E-state index in [9.17, 15) is 9.18 Å². The van der Waals surface area contributed by atoms with Crippen molar-refractivity contribution >= 4 is 34.8 Å². The van der Waals surface area contributed by atoms with Crippen molar-refractivity contribution in [1.82, 2.24) is 4.90 Å². The minimum Gasteiger partial charge on any atom is -0.494 e. The van der Waals surface area contributed by atoms with Crippen LogP contribution in [0.3, 0.4) is 0 Å². The molecule has 0 aliphatic carbocycles. The Morgan fingerprint density at radius 2 is 1.88 bits per heavy atom. The first-order valence-corrected chi connectivity index (χ1v) is 7.90. The average molecular weight is 371 g/mol. The van der Waals surface area contributed by atoms with Crippen molar-refractivity contribution in [3.63, 3.8) is 0 Å². The zero-order chi connectivity index (χ0) is 17.7. The number of halogens is 3. The van der Waals surface area contributed by atoms with Crippen LogP contribution >= 0.6 is 23.2 Å². The average Bonchev–Trinajstić information content (AvgIpc) is 2.45. The molecule has 2 aromatic carbocycles. The van der Waals surface area contributed by atoms with Crippen LogP contribution in [0.5, 0.6) is 5.75 Å². The number of anilines is 1. The number of nitrogens with one attached hydrogen (secondary N) is 1. The molecular weight excluding hydrogens is 354 g/mol.